The van der Waals surface area contributed by atoms with Gasteiger partial charge >= 0.3 is 6.18 Å². The molecule has 4 nitrogen and oxygen atoms in total. The van der Waals surface area contributed by atoms with E-state index in [0.717, 1.165) is 6.07 Å². The third kappa shape index (κ3) is 5.94. The van der Waals surface area contributed by atoms with Crippen molar-refractivity contribution in [2.75, 3.05) is 18.5 Å². The van der Waals surface area contributed by atoms with Crippen LogP contribution < -0.4 is 10.1 Å². The molecule has 1 amide bonds. The van der Waals surface area contributed by atoms with Crippen molar-refractivity contribution in [3.8, 4) is 5.75 Å². The normalized spacial score (nSPS) is 12.6. The molecule has 1 atom stereocenters. The zero-order chi connectivity index (χ0) is 17.5. The summed E-state index contributed by atoms with van der Waals surface area (Å²) in [4.78, 5) is 11.9. The van der Waals surface area contributed by atoms with Crippen molar-refractivity contribution in [2.45, 2.75) is 32.5 Å². The van der Waals surface area contributed by atoms with E-state index in [2.05, 4.69) is 11.9 Å². The summed E-state index contributed by atoms with van der Waals surface area (Å²) in [5.74, 6) is -0.558. The van der Waals surface area contributed by atoms with E-state index in [1.165, 1.54) is 19.1 Å². The summed E-state index contributed by atoms with van der Waals surface area (Å²) in [5.41, 5.74) is -1.29. The fourth-order valence-electron chi connectivity index (χ4n) is 1.76. The highest BCUT2D eigenvalue weighted by Crippen LogP contribution is 2.37. The maximum Gasteiger partial charge on any atom is 0.418 e. The van der Waals surface area contributed by atoms with Gasteiger partial charge < -0.3 is 14.8 Å². The van der Waals surface area contributed by atoms with E-state index in [1.54, 1.807) is 13.0 Å². The number of ether oxygens (including phenoxy) is 2. The average molecular weight is 331 g/mol. The van der Waals surface area contributed by atoms with E-state index >= 15 is 0 Å². The number of amides is 1. The van der Waals surface area contributed by atoms with Crippen LogP contribution in [-0.2, 0) is 15.7 Å². The summed E-state index contributed by atoms with van der Waals surface area (Å²) < 4.78 is 49.6. The number of alkyl halides is 3. The van der Waals surface area contributed by atoms with Gasteiger partial charge in [0.2, 0.25) is 0 Å². The first-order valence-corrected chi connectivity index (χ1v) is 7.17. The van der Waals surface area contributed by atoms with Crippen molar-refractivity contribution in [1.82, 2.24) is 0 Å². The number of carbonyl (C=O) groups excluding carboxylic acids is 1. The smallest absolute Gasteiger partial charge is 0.418 e. The Morgan fingerprint density at radius 2 is 2.13 bits per heavy atom. The minimum Gasteiger partial charge on any atom is -0.494 e. The monoisotopic (exact) mass is 331 g/mol. The minimum absolute atomic E-state index is 0.0908. The van der Waals surface area contributed by atoms with Gasteiger partial charge in [0.05, 0.1) is 24.5 Å². The molecule has 1 rings (SSSR count). The molecule has 0 aliphatic heterocycles. The molecule has 1 unspecified atom stereocenters. The molecule has 1 N–H and O–H groups in total. The van der Waals surface area contributed by atoms with Gasteiger partial charge in [0, 0.05) is 0 Å². The van der Waals surface area contributed by atoms with Gasteiger partial charge in [-0.05, 0) is 38.5 Å². The Morgan fingerprint density at radius 3 is 2.70 bits per heavy atom. The third-order valence-electron chi connectivity index (χ3n) is 2.92. The summed E-state index contributed by atoms with van der Waals surface area (Å²) in [6.07, 6.45) is -3.31. The van der Waals surface area contributed by atoms with Gasteiger partial charge in [0.1, 0.15) is 11.9 Å². The van der Waals surface area contributed by atoms with Crippen LogP contribution in [0.3, 0.4) is 0 Å². The van der Waals surface area contributed by atoms with E-state index < -0.39 is 23.8 Å². The second-order valence-electron chi connectivity index (χ2n) is 4.72. The van der Waals surface area contributed by atoms with Gasteiger partial charge in [0.25, 0.3) is 5.91 Å². The maximum absolute atomic E-state index is 13.1. The lowest BCUT2D eigenvalue weighted by Gasteiger charge is -2.17. The Labute approximate surface area is 133 Å². The number of rotatable bonds is 8. The van der Waals surface area contributed by atoms with Crippen molar-refractivity contribution >= 4 is 11.6 Å². The predicted molar refractivity (Wildman–Crippen MR) is 81.5 cm³/mol. The Kier molecular flexibility index (Phi) is 7.09. The first-order valence-electron chi connectivity index (χ1n) is 7.17. The quantitative estimate of drug-likeness (QED) is 0.578. The molecule has 0 fully saturated rings. The van der Waals surface area contributed by atoms with Crippen LogP contribution >= 0.6 is 0 Å². The summed E-state index contributed by atoms with van der Waals surface area (Å²) in [5, 5.41) is 2.25. The summed E-state index contributed by atoms with van der Waals surface area (Å²) >= 11 is 0. The number of hydrogen-bond acceptors (Lipinski definition) is 3. The molecule has 0 saturated carbocycles. The fraction of sp³-hybridized carbons (Fsp3) is 0.438. The van der Waals surface area contributed by atoms with Crippen molar-refractivity contribution < 1.29 is 27.4 Å². The molecule has 0 bridgehead atoms. The highest BCUT2D eigenvalue weighted by molar-refractivity contribution is 5.94. The number of anilines is 1. The molecular weight excluding hydrogens is 311 g/mol. The number of carbonyl (C=O) groups is 1. The van der Waals surface area contributed by atoms with Crippen molar-refractivity contribution in [1.29, 1.82) is 0 Å². The van der Waals surface area contributed by atoms with Crippen LogP contribution in [0.5, 0.6) is 5.75 Å². The molecule has 1 aromatic rings. The van der Waals surface area contributed by atoms with Gasteiger partial charge in [-0.2, -0.15) is 13.2 Å². The van der Waals surface area contributed by atoms with Crippen molar-refractivity contribution in [3.63, 3.8) is 0 Å². The Balaban J connectivity index is 2.90. The van der Waals surface area contributed by atoms with E-state index in [1.807, 2.05) is 0 Å². The van der Waals surface area contributed by atoms with Gasteiger partial charge in [-0.15, -0.1) is 6.58 Å². The molecule has 128 valence electrons. The number of nitrogens with one attached hydrogen (secondary N) is 1. The van der Waals surface area contributed by atoms with Crippen LogP contribution in [-0.4, -0.2) is 25.2 Å². The Bertz CT molecular complexity index is 544. The fourth-order valence-corrected chi connectivity index (χ4v) is 1.76. The number of hydrogen-bond donors (Lipinski definition) is 1. The molecule has 0 aromatic heterocycles. The maximum atomic E-state index is 13.1. The van der Waals surface area contributed by atoms with Gasteiger partial charge in [-0.1, -0.05) is 6.08 Å². The Morgan fingerprint density at radius 1 is 1.43 bits per heavy atom. The highest BCUT2D eigenvalue weighted by Gasteiger charge is 2.34. The number of halogens is 3. The zero-order valence-corrected chi connectivity index (χ0v) is 13.1. The van der Waals surface area contributed by atoms with Crippen LogP contribution in [0.15, 0.2) is 30.9 Å². The molecule has 0 aliphatic carbocycles. The highest BCUT2D eigenvalue weighted by atomic mass is 19.4. The van der Waals surface area contributed by atoms with Crippen LogP contribution in [0.4, 0.5) is 18.9 Å². The standard InChI is InChI=1S/C16H20F3NO3/c1-4-6-9-23-11(3)15(21)20-14-8-7-12(22-5-2)10-13(14)16(17,18)19/h4,7-8,10-11H,1,5-6,9H2,2-3H3,(H,20,21). The lowest BCUT2D eigenvalue weighted by molar-refractivity contribution is -0.137. The lowest BCUT2D eigenvalue weighted by Crippen LogP contribution is -2.29. The largest absolute Gasteiger partial charge is 0.494 e. The van der Waals surface area contributed by atoms with Crippen LogP contribution in [0.1, 0.15) is 25.8 Å². The first-order chi connectivity index (χ1) is 10.8. The minimum atomic E-state index is -4.61. The van der Waals surface area contributed by atoms with Crippen molar-refractivity contribution in [3.05, 3.63) is 36.4 Å². The Hall–Kier alpha value is -2.02. The third-order valence-corrected chi connectivity index (χ3v) is 2.92. The molecule has 7 heteroatoms. The van der Waals surface area contributed by atoms with E-state index in [9.17, 15) is 18.0 Å². The summed E-state index contributed by atoms with van der Waals surface area (Å²) in [7, 11) is 0. The zero-order valence-electron chi connectivity index (χ0n) is 13.1. The molecule has 0 aliphatic rings. The first kappa shape index (κ1) is 19.0. The molecule has 0 radical (unpaired) electrons. The van der Waals surface area contributed by atoms with Gasteiger partial charge in [-0.25, -0.2) is 0 Å². The van der Waals surface area contributed by atoms with Gasteiger partial charge in [-0.3, -0.25) is 4.79 Å². The molecule has 23 heavy (non-hydrogen) atoms. The second-order valence-corrected chi connectivity index (χ2v) is 4.72. The van der Waals surface area contributed by atoms with Crippen LogP contribution in [0, 0.1) is 0 Å². The van der Waals surface area contributed by atoms with Crippen LogP contribution in [0.2, 0.25) is 0 Å². The average Bonchev–Trinajstić information content (AvgIpc) is 2.48. The second kappa shape index (κ2) is 8.57. The summed E-state index contributed by atoms with van der Waals surface area (Å²) in [6.45, 7) is 7.18. The summed E-state index contributed by atoms with van der Waals surface area (Å²) in [6, 6.07) is 3.40. The molecule has 0 spiro atoms. The van der Waals surface area contributed by atoms with Crippen molar-refractivity contribution in [2.24, 2.45) is 0 Å². The molecule has 0 saturated heterocycles. The number of benzene rings is 1. The van der Waals surface area contributed by atoms with Crippen LogP contribution in [0.25, 0.3) is 0 Å². The topological polar surface area (TPSA) is 47.6 Å². The lowest BCUT2D eigenvalue weighted by atomic mass is 10.1. The SMILES string of the molecule is C=CCCOC(C)C(=O)Nc1ccc(OCC)cc1C(F)(F)F. The molecular formula is C16H20F3NO3. The van der Waals surface area contributed by atoms with E-state index in [4.69, 9.17) is 9.47 Å². The van der Waals surface area contributed by atoms with E-state index in [-0.39, 0.29) is 24.7 Å². The van der Waals surface area contributed by atoms with E-state index in [0.29, 0.717) is 6.42 Å². The predicted octanol–water partition coefficient (Wildman–Crippen LogP) is 4.02. The molecule has 0 heterocycles. The van der Waals surface area contributed by atoms with Gasteiger partial charge in [0.15, 0.2) is 0 Å². The molecule has 1 aromatic carbocycles.